The quantitative estimate of drug-likeness (QED) is 0.924. The summed E-state index contributed by atoms with van der Waals surface area (Å²) < 4.78 is 5.06. The number of piperidine rings is 1. The zero-order valence-corrected chi connectivity index (χ0v) is 13.1. The standard InChI is InChI=1S/C14H16Cl2N2O3/c1-21-12-10(15)6-9(7-11(12)16)14(20)18-4-2-8(3-5-18)13(17)19/h6-8H,2-5H2,1H3,(H2,17,19). The van der Waals surface area contributed by atoms with Crippen molar-refractivity contribution in [3.63, 3.8) is 0 Å². The molecule has 0 saturated carbocycles. The molecule has 2 rings (SSSR count). The molecule has 7 heteroatoms. The Labute approximate surface area is 132 Å². The SMILES string of the molecule is COc1c(Cl)cc(C(=O)N2CCC(C(N)=O)CC2)cc1Cl. The minimum absolute atomic E-state index is 0.155. The number of ether oxygens (including phenoxy) is 1. The normalized spacial score (nSPS) is 15.9. The molecule has 0 bridgehead atoms. The van der Waals surface area contributed by atoms with E-state index in [1.807, 2.05) is 0 Å². The van der Waals surface area contributed by atoms with Crippen molar-refractivity contribution in [1.29, 1.82) is 0 Å². The monoisotopic (exact) mass is 330 g/mol. The summed E-state index contributed by atoms with van der Waals surface area (Å²) in [6.07, 6.45) is 1.16. The Balaban J connectivity index is 2.13. The summed E-state index contributed by atoms with van der Waals surface area (Å²) in [4.78, 5) is 25.2. The van der Waals surface area contributed by atoms with E-state index in [0.29, 0.717) is 47.3 Å². The number of rotatable bonds is 3. The summed E-state index contributed by atoms with van der Waals surface area (Å²) in [5.74, 6) is -0.276. The number of halogens is 2. The number of amides is 2. The third-order valence-electron chi connectivity index (χ3n) is 3.63. The van der Waals surface area contributed by atoms with Crippen molar-refractivity contribution in [2.45, 2.75) is 12.8 Å². The Morgan fingerprint density at radius 2 is 1.76 bits per heavy atom. The van der Waals surface area contributed by atoms with E-state index in [1.165, 1.54) is 19.2 Å². The smallest absolute Gasteiger partial charge is 0.253 e. The maximum absolute atomic E-state index is 12.4. The van der Waals surface area contributed by atoms with E-state index >= 15 is 0 Å². The van der Waals surface area contributed by atoms with Crippen LogP contribution in [0, 0.1) is 5.92 Å². The maximum Gasteiger partial charge on any atom is 0.253 e. The van der Waals surface area contributed by atoms with Crippen LogP contribution in [0.1, 0.15) is 23.2 Å². The van der Waals surface area contributed by atoms with Gasteiger partial charge < -0.3 is 15.4 Å². The summed E-state index contributed by atoms with van der Waals surface area (Å²) in [6, 6.07) is 3.07. The van der Waals surface area contributed by atoms with Crippen LogP contribution in [0.4, 0.5) is 0 Å². The van der Waals surface area contributed by atoms with Gasteiger partial charge in [-0.2, -0.15) is 0 Å². The van der Waals surface area contributed by atoms with E-state index in [2.05, 4.69) is 0 Å². The summed E-state index contributed by atoms with van der Waals surface area (Å²) in [5.41, 5.74) is 5.69. The highest BCUT2D eigenvalue weighted by Gasteiger charge is 2.27. The van der Waals surface area contributed by atoms with Crippen LogP contribution in [0.2, 0.25) is 10.0 Å². The molecule has 0 aliphatic carbocycles. The maximum atomic E-state index is 12.4. The molecule has 0 atom stereocenters. The number of hydrogen-bond donors (Lipinski definition) is 1. The molecule has 0 aromatic heterocycles. The molecule has 1 aromatic rings. The first-order valence-corrected chi connectivity index (χ1v) is 7.31. The van der Waals surface area contributed by atoms with Crippen LogP contribution < -0.4 is 10.5 Å². The Hall–Kier alpha value is -1.46. The van der Waals surface area contributed by atoms with Crippen molar-refractivity contribution in [3.8, 4) is 5.75 Å². The van der Waals surface area contributed by atoms with Gasteiger partial charge in [0.1, 0.15) is 0 Å². The highest BCUT2D eigenvalue weighted by molar-refractivity contribution is 6.37. The van der Waals surface area contributed by atoms with Crippen LogP contribution in [-0.2, 0) is 4.79 Å². The number of nitrogens with zero attached hydrogens (tertiary/aromatic N) is 1. The number of hydrogen-bond acceptors (Lipinski definition) is 3. The Morgan fingerprint density at radius 1 is 1.24 bits per heavy atom. The minimum atomic E-state index is -0.308. The van der Waals surface area contributed by atoms with Crippen molar-refractivity contribution in [2.75, 3.05) is 20.2 Å². The minimum Gasteiger partial charge on any atom is -0.494 e. The largest absolute Gasteiger partial charge is 0.494 e. The first-order valence-electron chi connectivity index (χ1n) is 6.55. The molecule has 0 radical (unpaired) electrons. The molecule has 1 aliphatic heterocycles. The zero-order chi connectivity index (χ0) is 15.6. The number of benzene rings is 1. The van der Waals surface area contributed by atoms with Crippen molar-refractivity contribution >= 4 is 35.0 Å². The van der Waals surface area contributed by atoms with E-state index in [-0.39, 0.29) is 17.7 Å². The molecule has 1 aromatic carbocycles. The molecule has 0 spiro atoms. The second-order valence-corrected chi connectivity index (χ2v) is 5.76. The van der Waals surface area contributed by atoms with Crippen LogP contribution in [0.25, 0.3) is 0 Å². The highest BCUT2D eigenvalue weighted by Crippen LogP contribution is 2.34. The molecule has 1 fully saturated rings. The zero-order valence-electron chi connectivity index (χ0n) is 11.6. The van der Waals surface area contributed by atoms with Crippen molar-refractivity contribution in [2.24, 2.45) is 11.7 Å². The van der Waals surface area contributed by atoms with E-state index in [4.69, 9.17) is 33.7 Å². The molecule has 0 unspecified atom stereocenters. The van der Waals surface area contributed by atoms with E-state index in [0.717, 1.165) is 0 Å². The van der Waals surface area contributed by atoms with E-state index in [9.17, 15) is 9.59 Å². The lowest BCUT2D eigenvalue weighted by atomic mass is 9.96. The van der Waals surface area contributed by atoms with Crippen LogP contribution >= 0.6 is 23.2 Å². The van der Waals surface area contributed by atoms with Gasteiger partial charge in [-0.1, -0.05) is 23.2 Å². The summed E-state index contributed by atoms with van der Waals surface area (Å²) >= 11 is 12.1. The second kappa shape index (κ2) is 6.54. The Bertz CT molecular complexity index is 546. The molecule has 114 valence electrons. The molecule has 2 N–H and O–H groups in total. The van der Waals surface area contributed by atoms with Crippen molar-refractivity contribution in [1.82, 2.24) is 4.90 Å². The third kappa shape index (κ3) is 3.41. The summed E-state index contributed by atoms with van der Waals surface area (Å²) in [5, 5.41) is 0.584. The molecule has 1 aliphatic rings. The number of likely N-dealkylation sites (tertiary alicyclic amines) is 1. The summed E-state index contributed by atoms with van der Waals surface area (Å²) in [6.45, 7) is 0.988. The van der Waals surface area contributed by atoms with Gasteiger partial charge >= 0.3 is 0 Å². The van der Waals surface area contributed by atoms with Crippen molar-refractivity contribution < 1.29 is 14.3 Å². The van der Waals surface area contributed by atoms with Gasteiger partial charge in [-0.3, -0.25) is 9.59 Å². The van der Waals surface area contributed by atoms with Gasteiger partial charge in [-0.25, -0.2) is 0 Å². The molecule has 5 nitrogen and oxygen atoms in total. The van der Waals surface area contributed by atoms with Crippen LogP contribution in [0.3, 0.4) is 0 Å². The topological polar surface area (TPSA) is 72.6 Å². The molecular formula is C14H16Cl2N2O3. The molecule has 1 heterocycles. The van der Waals surface area contributed by atoms with Gasteiger partial charge in [-0.05, 0) is 25.0 Å². The van der Waals surface area contributed by atoms with Crippen LogP contribution in [-0.4, -0.2) is 36.9 Å². The van der Waals surface area contributed by atoms with Crippen LogP contribution in [0.5, 0.6) is 5.75 Å². The van der Waals surface area contributed by atoms with Gasteiger partial charge in [0.25, 0.3) is 5.91 Å². The number of primary amides is 1. The lowest BCUT2D eigenvalue weighted by molar-refractivity contribution is -0.123. The predicted molar refractivity (Wildman–Crippen MR) is 80.8 cm³/mol. The second-order valence-electron chi connectivity index (χ2n) is 4.94. The Kier molecular flexibility index (Phi) is 4.96. The first-order chi connectivity index (χ1) is 9.93. The van der Waals surface area contributed by atoms with Gasteiger partial charge in [0.15, 0.2) is 5.75 Å². The predicted octanol–water partition coefficient (Wildman–Crippen LogP) is 2.34. The van der Waals surface area contributed by atoms with Crippen molar-refractivity contribution in [3.05, 3.63) is 27.7 Å². The Morgan fingerprint density at radius 3 is 2.19 bits per heavy atom. The number of carbonyl (C=O) groups is 2. The third-order valence-corrected chi connectivity index (χ3v) is 4.20. The summed E-state index contributed by atoms with van der Waals surface area (Å²) in [7, 11) is 1.46. The first kappa shape index (κ1) is 15.9. The highest BCUT2D eigenvalue weighted by atomic mass is 35.5. The molecule has 1 saturated heterocycles. The molecular weight excluding hydrogens is 315 g/mol. The van der Waals surface area contributed by atoms with E-state index < -0.39 is 0 Å². The fourth-order valence-corrected chi connectivity index (χ4v) is 3.07. The fraction of sp³-hybridized carbons (Fsp3) is 0.429. The fourth-order valence-electron chi connectivity index (χ4n) is 2.43. The average molecular weight is 331 g/mol. The lowest BCUT2D eigenvalue weighted by Gasteiger charge is -2.30. The van der Waals surface area contributed by atoms with Gasteiger partial charge in [-0.15, -0.1) is 0 Å². The van der Waals surface area contributed by atoms with Gasteiger partial charge in [0.05, 0.1) is 17.2 Å². The van der Waals surface area contributed by atoms with E-state index in [1.54, 1.807) is 4.90 Å². The van der Waals surface area contributed by atoms with Gasteiger partial charge in [0.2, 0.25) is 5.91 Å². The molecule has 21 heavy (non-hydrogen) atoms. The lowest BCUT2D eigenvalue weighted by Crippen LogP contribution is -2.41. The van der Waals surface area contributed by atoms with Crippen LogP contribution in [0.15, 0.2) is 12.1 Å². The van der Waals surface area contributed by atoms with Gasteiger partial charge in [0, 0.05) is 24.6 Å². The number of nitrogens with two attached hydrogens (primary N) is 1. The average Bonchev–Trinajstić information content (AvgIpc) is 2.46. The number of carbonyl (C=O) groups excluding carboxylic acids is 2. The molecule has 2 amide bonds. The number of methoxy groups -OCH3 is 1.